The Morgan fingerprint density at radius 2 is 2.12 bits per heavy atom. The standard InChI is InChI=1S/C12H18N2O2S/c1-16-12-3-2-10(8-11(12)13)9-14-4-6-17(15)7-5-14/h2-3,8H,4-7,9,13H2,1H3. The molecule has 1 fully saturated rings. The highest BCUT2D eigenvalue weighted by Crippen LogP contribution is 2.22. The van der Waals surface area contributed by atoms with Gasteiger partial charge in [0.15, 0.2) is 0 Å². The molecule has 1 aromatic rings. The lowest BCUT2D eigenvalue weighted by atomic mass is 10.1. The topological polar surface area (TPSA) is 55.6 Å². The summed E-state index contributed by atoms with van der Waals surface area (Å²) in [4.78, 5) is 2.31. The molecule has 1 aliphatic rings. The van der Waals surface area contributed by atoms with E-state index in [1.165, 1.54) is 5.56 Å². The molecule has 94 valence electrons. The normalized spacial score (nSPS) is 18.2. The lowest BCUT2D eigenvalue weighted by Crippen LogP contribution is -2.37. The highest BCUT2D eigenvalue weighted by molar-refractivity contribution is 7.85. The van der Waals surface area contributed by atoms with E-state index in [1.54, 1.807) is 7.11 Å². The minimum atomic E-state index is -0.615. The number of rotatable bonds is 3. The van der Waals surface area contributed by atoms with Crippen LogP contribution in [0.3, 0.4) is 0 Å². The molecule has 1 aromatic carbocycles. The van der Waals surface area contributed by atoms with Crippen LogP contribution in [0.4, 0.5) is 5.69 Å². The average Bonchev–Trinajstić information content (AvgIpc) is 2.32. The van der Waals surface area contributed by atoms with E-state index in [0.29, 0.717) is 11.4 Å². The van der Waals surface area contributed by atoms with Crippen molar-refractivity contribution in [1.82, 2.24) is 4.90 Å². The zero-order chi connectivity index (χ0) is 12.3. The van der Waals surface area contributed by atoms with Crippen LogP contribution >= 0.6 is 0 Å². The van der Waals surface area contributed by atoms with Gasteiger partial charge in [0.1, 0.15) is 5.75 Å². The predicted octanol–water partition coefficient (Wildman–Crippen LogP) is 0.842. The van der Waals surface area contributed by atoms with E-state index in [2.05, 4.69) is 4.90 Å². The van der Waals surface area contributed by atoms with Crippen LogP contribution in [0.5, 0.6) is 5.75 Å². The zero-order valence-corrected chi connectivity index (χ0v) is 10.8. The number of hydrogen-bond donors (Lipinski definition) is 1. The van der Waals surface area contributed by atoms with Crippen LogP contribution in [-0.4, -0.2) is 40.8 Å². The van der Waals surface area contributed by atoms with Crippen molar-refractivity contribution in [2.75, 3.05) is 37.4 Å². The summed E-state index contributed by atoms with van der Waals surface area (Å²) in [6.07, 6.45) is 0. The smallest absolute Gasteiger partial charge is 0.141 e. The van der Waals surface area contributed by atoms with E-state index in [9.17, 15) is 4.21 Å². The third-order valence-corrected chi connectivity index (χ3v) is 4.25. The van der Waals surface area contributed by atoms with Crippen LogP contribution in [0.2, 0.25) is 0 Å². The molecule has 1 heterocycles. The molecule has 0 atom stereocenters. The van der Waals surface area contributed by atoms with Gasteiger partial charge in [-0.2, -0.15) is 0 Å². The second-order valence-electron chi connectivity index (χ2n) is 4.20. The molecule has 0 aliphatic carbocycles. The Hall–Kier alpha value is -1.07. The maximum atomic E-state index is 11.2. The average molecular weight is 254 g/mol. The van der Waals surface area contributed by atoms with Crippen molar-refractivity contribution in [3.63, 3.8) is 0 Å². The summed E-state index contributed by atoms with van der Waals surface area (Å²) in [7, 11) is 1.00. The zero-order valence-electron chi connectivity index (χ0n) is 10.0. The van der Waals surface area contributed by atoms with E-state index in [-0.39, 0.29) is 0 Å². The Bertz CT molecular complexity index is 413. The summed E-state index contributed by atoms with van der Waals surface area (Å²) in [5, 5.41) is 0. The van der Waals surface area contributed by atoms with Crippen molar-refractivity contribution in [3.8, 4) is 5.75 Å². The number of methoxy groups -OCH3 is 1. The molecule has 2 N–H and O–H groups in total. The van der Waals surface area contributed by atoms with Crippen molar-refractivity contribution in [3.05, 3.63) is 23.8 Å². The summed E-state index contributed by atoms with van der Waals surface area (Å²) in [6.45, 7) is 2.67. The minimum Gasteiger partial charge on any atom is -0.495 e. The molecule has 5 heteroatoms. The van der Waals surface area contributed by atoms with Crippen LogP contribution in [-0.2, 0) is 17.3 Å². The van der Waals surface area contributed by atoms with Gasteiger partial charge in [0, 0.05) is 41.9 Å². The maximum Gasteiger partial charge on any atom is 0.141 e. The van der Waals surface area contributed by atoms with Crippen LogP contribution < -0.4 is 10.5 Å². The highest BCUT2D eigenvalue weighted by Gasteiger charge is 2.15. The lowest BCUT2D eigenvalue weighted by Gasteiger charge is -2.26. The number of nitrogen functional groups attached to an aromatic ring is 1. The van der Waals surface area contributed by atoms with Crippen molar-refractivity contribution in [2.24, 2.45) is 0 Å². The van der Waals surface area contributed by atoms with Gasteiger partial charge < -0.3 is 10.5 Å². The SMILES string of the molecule is COc1ccc(CN2CCS(=O)CC2)cc1N. The Balaban J connectivity index is 1.99. The van der Waals surface area contributed by atoms with Gasteiger partial charge in [0.05, 0.1) is 12.8 Å². The number of nitrogens with two attached hydrogens (primary N) is 1. The van der Waals surface area contributed by atoms with Gasteiger partial charge in [-0.05, 0) is 17.7 Å². The van der Waals surface area contributed by atoms with Crippen LogP contribution in [0.25, 0.3) is 0 Å². The number of anilines is 1. The first-order valence-corrected chi connectivity index (χ1v) is 7.17. The third kappa shape index (κ3) is 3.20. The van der Waals surface area contributed by atoms with E-state index >= 15 is 0 Å². The molecular formula is C12H18N2O2S. The molecule has 0 aromatic heterocycles. The molecule has 0 spiro atoms. The Morgan fingerprint density at radius 1 is 1.41 bits per heavy atom. The van der Waals surface area contributed by atoms with Gasteiger partial charge in [-0.1, -0.05) is 6.07 Å². The molecule has 0 amide bonds. The summed E-state index contributed by atoms with van der Waals surface area (Å²) >= 11 is 0. The van der Waals surface area contributed by atoms with Crippen molar-refractivity contribution < 1.29 is 8.95 Å². The van der Waals surface area contributed by atoms with Crippen LogP contribution in [0.15, 0.2) is 18.2 Å². The van der Waals surface area contributed by atoms with Gasteiger partial charge in [0.25, 0.3) is 0 Å². The predicted molar refractivity (Wildman–Crippen MR) is 70.6 cm³/mol. The second kappa shape index (κ2) is 5.51. The van der Waals surface area contributed by atoms with Gasteiger partial charge in [-0.3, -0.25) is 9.11 Å². The first-order valence-electron chi connectivity index (χ1n) is 5.69. The lowest BCUT2D eigenvalue weighted by molar-refractivity contribution is 0.291. The largest absolute Gasteiger partial charge is 0.495 e. The number of benzene rings is 1. The first kappa shape index (κ1) is 12.4. The summed E-state index contributed by atoms with van der Waals surface area (Å²) < 4.78 is 16.4. The Labute approximate surface area is 104 Å². The van der Waals surface area contributed by atoms with E-state index < -0.39 is 10.8 Å². The molecule has 0 bridgehead atoms. The molecule has 0 radical (unpaired) electrons. The first-order chi connectivity index (χ1) is 8.19. The van der Waals surface area contributed by atoms with Gasteiger partial charge >= 0.3 is 0 Å². The van der Waals surface area contributed by atoms with E-state index in [1.807, 2.05) is 18.2 Å². The summed E-state index contributed by atoms with van der Waals surface area (Å²) in [5.41, 5.74) is 7.72. The fraction of sp³-hybridized carbons (Fsp3) is 0.500. The van der Waals surface area contributed by atoms with Crippen molar-refractivity contribution in [2.45, 2.75) is 6.54 Å². The second-order valence-corrected chi connectivity index (χ2v) is 5.90. The third-order valence-electron chi connectivity index (χ3n) is 2.97. The quantitative estimate of drug-likeness (QED) is 0.812. The molecule has 1 aliphatic heterocycles. The Morgan fingerprint density at radius 3 is 2.71 bits per heavy atom. The van der Waals surface area contributed by atoms with Crippen molar-refractivity contribution in [1.29, 1.82) is 0 Å². The molecule has 2 rings (SSSR count). The molecule has 4 nitrogen and oxygen atoms in total. The van der Waals surface area contributed by atoms with Gasteiger partial charge in [-0.25, -0.2) is 0 Å². The molecular weight excluding hydrogens is 236 g/mol. The maximum absolute atomic E-state index is 11.2. The van der Waals surface area contributed by atoms with Gasteiger partial charge in [0.2, 0.25) is 0 Å². The van der Waals surface area contributed by atoms with E-state index in [4.69, 9.17) is 10.5 Å². The van der Waals surface area contributed by atoms with Gasteiger partial charge in [-0.15, -0.1) is 0 Å². The highest BCUT2D eigenvalue weighted by atomic mass is 32.2. The number of hydrogen-bond acceptors (Lipinski definition) is 4. The van der Waals surface area contributed by atoms with E-state index in [0.717, 1.165) is 31.1 Å². The molecule has 0 unspecified atom stereocenters. The fourth-order valence-corrected chi connectivity index (χ4v) is 3.10. The molecule has 17 heavy (non-hydrogen) atoms. The molecule has 1 saturated heterocycles. The van der Waals surface area contributed by atoms with Crippen LogP contribution in [0, 0.1) is 0 Å². The fourth-order valence-electron chi connectivity index (χ4n) is 1.97. The minimum absolute atomic E-state index is 0.615. The molecule has 0 saturated carbocycles. The summed E-state index contributed by atoms with van der Waals surface area (Å²) in [6, 6.07) is 5.87. The van der Waals surface area contributed by atoms with Crippen molar-refractivity contribution >= 4 is 16.5 Å². The number of ether oxygens (including phenoxy) is 1. The Kier molecular flexibility index (Phi) is 4.02. The summed E-state index contributed by atoms with van der Waals surface area (Å²) in [5.74, 6) is 2.28. The number of nitrogens with zero attached hydrogens (tertiary/aromatic N) is 1. The van der Waals surface area contributed by atoms with Crippen LogP contribution in [0.1, 0.15) is 5.56 Å². The monoisotopic (exact) mass is 254 g/mol.